The van der Waals surface area contributed by atoms with E-state index in [2.05, 4.69) is 22.0 Å². The minimum absolute atomic E-state index is 1.17. The molecule has 0 aromatic rings. The van der Waals surface area contributed by atoms with Crippen LogP contribution in [0.3, 0.4) is 0 Å². The molecule has 0 amide bonds. The summed E-state index contributed by atoms with van der Waals surface area (Å²) in [7, 11) is 2.03. The van der Waals surface area contributed by atoms with Crippen molar-refractivity contribution in [1.29, 1.82) is 0 Å². The van der Waals surface area contributed by atoms with E-state index in [9.17, 15) is 0 Å². The summed E-state index contributed by atoms with van der Waals surface area (Å²) in [5.41, 5.74) is 0. The number of nitrogens with one attached hydrogen (secondary N) is 1. The third-order valence-corrected chi connectivity index (χ3v) is 3.20. The Morgan fingerprint density at radius 2 is 2.00 bits per heavy atom. The van der Waals surface area contributed by atoms with Crippen LogP contribution in [-0.2, 0) is 0 Å². The average Bonchev–Trinajstić information content (AvgIpc) is 2.14. The van der Waals surface area contributed by atoms with Crippen LogP contribution >= 0.6 is 11.8 Å². The first-order valence-corrected chi connectivity index (χ1v) is 6.03. The molecule has 12 heavy (non-hydrogen) atoms. The second-order valence-electron chi connectivity index (χ2n) is 3.26. The molecule has 3 heteroatoms. The van der Waals surface area contributed by atoms with Crippen LogP contribution in [0.15, 0.2) is 0 Å². The Bertz CT molecular complexity index is 103. The van der Waals surface area contributed by atoms with Crippen LogP contribution in [0.5, 0.6) is 0 Å². The highest BCUT2D eigenvalue weighted by Crippen LogP contribution is 2.09. The molecule has 0 aliphatic carbocycles. The summed E-state index contributed by atoms with van der Waals surface area (Å²) in [6.07, 6.45) is 2.67. The van der Waals surface area contributed by atoms with Crippen LogP contribution in [0.2, 0.25) is 0 Å². The summed E-state index contributed by atoms with van der Waals surface area (Å²) in [6.45, 7) is 5.10. The number of thioether (sulfide) groups is 1. The lowest BCUT2D eigenvalue weighted by molar-refractivity contribution is 0.295. The Morgan fingerprint density at radius 1 is 1.25 bits per heavy atom. The van der Waals surface area contributed by atoms with Crippen LogP contribution in [0.4, 0.5) is 0 Å². The molecule has 1 fully saturated rings. The van der Waals surface area contributed by atoms with Crippen LogP contribution in [0.25, 0.3) is 0 Å². The topological polar surface area (TPSA) is 15.3 Å². The Hall–Kier alpha value is 0.270. The van der Waals surface area contributed by atoms with Crippen molar-refractivity contribution in [1.82, 2.24) is 10.2 Å². The highest BCUT2D eigenvalue weighted by atomic mass is 32.2. The van der Waals surface area contributed by atoms with Gasteiger partial charge in [0.05, 0.1) is 0 Å². The third kappa shape index (κ3) is 4.33. The van der Waals surface area contributed by atoms with Crippen molar-refractivity contribution in [3.05, 3.63) is 0 Å². The zero-order valence-corrected chi connectivity index (χ0v) is 8.83. The first kappa shape index (κ1) is 10.4. The van der Waals surface area contributed by atoms with Gasteiger partial charge in [0.1, 0.15) is 0 Å². The molecule has 0 spiro atoms. The zero-order chi connectivity index (χ0) is 8.65. The fourth-order valence-electron chi connectivity index (χ4n) is 1.46. The molecule has 0 bridgehead atoms. The van der Waals surface area contributed by atoms with E-state index in [0.29, 0.717) is 0 Å². The maximum atomic E-state index is 3.18. The van der Waals surface area contributed by atoms with Gasteiger partial charge in [0.2, 0.25) is 0 Å². The summed E-state index contributed by atoms with van der Waals surface area (Å²) in [6, 6.07) is 0. The van der Waals surface area contributed by atoms with Crippen molar-refractivity contribution in [3.63, 3.8) is 0 Å². The Labute approximate surface area is 80.1 Å². The van der Waals surface area contributed by atoms with E-state index in [1.807, 2.05) is 7.05 Å². The number of nitrogens with zero attached hydrogens (tertiary/aromatic N) is 1. The largest absolute Gasteiger partial charge is 0.320 e. The molecule has 0 radical (unpaired) electrons. The molecule has 2 nitrogen and oxygen atoms in total. The molecule has 1 aliphatic rings. The fraction of sp³-hybridized carbons (Fsp3) is 1.00. The van der Waals surface area contributed by atoms with Gasteiger partial charge in [-0.15, -0.1) is 0 Å². The van der Waals surface area contributed by atoms with Gasteiger partial charge < -0.3 is 10.2 Å². The molecule has 1 saturated heterocycles. The minimum atomic E-state index is 1.17. The lowest BCUT2D eigenvalue weighted by Crippen LogP contribution is -2.33. The maximum absolute atomic E-state index is 3.18. The van der Waals surface area contributed by atoms with E-state index in [-0.39, 0.29) is 0 Å². The number of hydrogen-bond donors (Lipinski definition) is 1. The number of hydrogen-bond acceptors (Lipinski definition) is 3. The Morgan fingerprint density at radius 3 is 2.67 bits per heavy atom. The van der Waals surface area contributed by atoms with Gasteiger partial charge in [0.15, 0.2) is 0 Å². The molecular weight excluding hydrogens is 168 g/mol. The summed E-state index contributed by atoms with van der Waals surface area (Å²) in [5.74, 6) is 2.68. The molecule has 0 atom stereocenters. The van der Waals surface area contributed by atoms with E-state index in [0.717, 1.165) is 0 Å². The number of unbranched alkanes of at least 4 members (excludes halogenated alkanes) is 1. The van der Waals surface area contributed by atoms with Gasteiger partial charge in [0.25, 0.3) is 0 Å². The molecule has 1 N–H and O–H groups in total. The van der Waals surface area contributed by atoms with Crippen molar-refractivity contribution in [2.24, 2.45) is 0 Å². The molecule has 1 aliphatic heterocycles. The molecule has 1 heterocycles. The van der Waals surface area contributed by atoms with Crippen molar-refractivity contribution in [2.75, 3.05) is 44.7 Å². The monoisotopic (exact) mass is 188 g/mol. The molecule has 0 aromatic carbocycles. The fourth-order valence-corrected chi connectivity index (χ4v) is 2.44. The second-order valence-corrected chi connectivity index (χ2v) is 4.49. The highest BCUT2D eigenvalue weighted by molar-refractivity contribution is 7.99. The van der Waals surface area contributed by atoms with Crippen molar-refractivity contribution < 1.29 is 0 Å². The van der Waals surface area contributed by atoms with Crippen LogP contribution < -0.4 is 5.32 Å². The lowest BCUT2D eigenvalue weighted by Gasteiger charge is -2.25. The van der Waals surface area contributed by atoms with Gasteiger partial charge in [0, 0.05) is 24.6 Å². The normalized spacial score (nSPS) is 19.8. The van der Waals surface area contributed by atoms with Crippen molar-refractivity contribution in [2.45, 2.75) is 12.8 Å². The second kappa shape index (κ2) is 6.75. The first-order valence-electron chi connectivity index (χ1n) is 4.88. The Balaban J connectivity index is 1.91. The molecule has 0 saturated carbocycles. The average molecular weight is 188 g/mol. The predicted octanol–water partition coefficient (Wildman–Crippen LogP) is 1.03. The summed E-state index contributed by atoms with van der Waals surface area (Å²) in [5, 5.41) is 3.18. The molecule has 1 rings (SSSR count). The molecule has 0 unspecified atom stereocenters. The van der Waals surface area contributed by atoms with E-state index in [1.165, 1.54) is 50.5 Å². The van der Waals surface area contributed by atoms with E-state index < -0.39 is 0 Å². The maximum Gasteiger partial charge on any atom is 0.00727 e. The summed E-state index contributed by atoms with van der Waals surface area (Å²) in [4.78, 5) is 2.59. The van der Waals surface area contributed by atoms with Crippen molar-refractivity contribution in [3.8, 4) is 0 Å². The highest BCUT2D eigenvalue weighted by Gasteiger charge is 2.08. The predicted molar refractivity (Wildman–Crippen MR) is 56.9 cm³/mol. The third-order valence-electron chi connectivity index (χ3n) is 2.25. The van der Waals surface area contributed by atoms with Gasteiger partial charge in [-0.25, -0.2) is 0 Å². The first-order chi connectivity index (χ1) is 5.93. The lowest BCUT2D eigenvalue weighted by atomic mass is 10.3. The smallest absolute Gasteiger partial charge is 0.00727 e. The van der Waals surface area contributed by atoms with Crippen LogP contribution in [0.1, 0.15) is 12.8 Å². The van der Waals surface area contributed by atoms with Crippen LogP contribution in [0, 0.1) is 0 Å². The van der Waals surface area contributed by atoms with Gasteiger partial charge in [-0.05, 0) is 33.0 Å². The van der Waals surface area contributed by atoms with E-state index in [4.69, 9.17) is 0 Å². The standard InChI is InChI=1S/C9H20N2S/c1-10-4-2-3-5-11-6-8-12-9-7-11/h10H,2-9H2,1H3. The minimum Gasteiger partial charge on any atom is -0.320 e. The van der Waals surface area contributed by atoms with E-state index in [1.54, 1.807) is 0 Å². The van der Waals surface area contributed by atoms with Crippen molar-refractivity contribution >= 4 is 11.8 Å². The quantitative estimate of drug-likeness (QED) is 0.649. The molecule has 0 aromatic heterocycles. The molecule has 72 valence electrons. The van der Waals surface area contributed by atoms with Gasteiger partial charge >= 0.3 is 0 Å². The van der Waals surface area contributed by atoms with Gasteiger partial charge in [-0.2, -0.15) is 11.8 Å². The number of rotatable bonds is 5. The summed E-state index contributed by atoms with van der Waals surface area (Å²) < 4.78 is 0. The van der Waals surface area contributed by atoms with Gasteiger partial charge in [-0.3, -0.25) is 0 Å². The van der Waals surface area contributed by atoms with E-state index >= 15 is 0 Å². The zero-order valence-electron chi connectivity index (χ0n) is 8.01. The SMILES string of the molecule is CNCCCCN1CCSCC1. The van der Waals surface area contributed by atoms with Crippen LogP contribution in [-0.4, -0.2) is 49.6 Å². The van der Waals surface area contributed by atoms with Gasteiger partial charge in [-0.1, -0.05) is 0 Å². The molecular formula is C9H20N2S. The summed E-state index contributed by atoms with van der Waals surface area (Å²) >= 11 is 2.09. The Kier molecular flexibility index (Phi) is 5.82.